The van der Waals surface area contributed by atoms with Crippen LogP contribution in [0.3, 0.4) is 0 Å². The fourth-order valence-electron chi connectivity index (χ4n) is 1.73. The molecule has 2 aromatic rings. The van der Waals surface area contributed by atoms with Crippen LogP contribution >= 0.6 is 0 Å². The highest BCUT2D eigenvalue weighted by Crippen LogP contribution is 2.30. The molecule has 0 N–H and O–H groups in total. The van der Waals surface area contributed by atoms with Crippen LogP contribution < -0.4 is 0 Å². The van der Waals surface area contributed by atoms with Crippen LogP contribution in [0, 0.1) is 11.3 Å². The van der Waals surface area contributed by atoms with Gasteiger partial charge in [0, 0.05) is 12.4 Å². The van der Waals surface area contributed by atoms with Gasteiger partial charge in [0.2, 0.25) is 0 Å². The van der Waals surface area contributed by atoms with Gasteiger partial charge in [-0.3, -0.25) is 4.98 Å². The second kappa shape index (κ2) is 4.16. The van der Waals surface area contributed by atoms with Crippen LogP contribution in [0.5, 0.6) is 0 Å². The normalized spacial score (nSPS) is 13.8. The van der Waals surface area contributed by atoms with Crippen molar-refractivity contribution in [3.8, 4) is 6.07 Å². The fourth-order valence-corrected chi connectivity index (χ4v) is 1.73. The Morgan fingerprint density at radius 3 is 2.31 bits per heavy atom. The molecule has 0 amide bonds. The smallest absolute Gasteiger partial charge is 0.106 e. The topological polar surface area (TPSA) is 36.7 Å². The summed E-state index contributed by atoms with van der Waals surface area (Å²) in [5.41, 5.74) is 1.28. The van der Waals surface area contributed by atoms with E-state index in [1.54, 1.807) is 12.4 Å². The predicted molar refractivity (Wildman–Crippen MR) is 62.7 cm³/mol. The van der Waals surface area contributed by atoms with E-state index >= 15 is 0 Å². The van der Waals surface area contributed by atoms with Gasteiger partial charge in [-0.15, -0.1) is 0 Å². The van der Waals surface area contributed by atoms with Gasteiger partial charge < -0.3 is 0 Å². The van der Waals surface area contributed by atoms with E-state index in [1.165, 1.54) is 0 Å². The monoisotopic (exact) mass is 208 g/mol. The van der Waals surface area contributed by atoms with E-state index in [0.29, 0.717) is 0 Å². The minimum absolute atomic E-state index is 0.629. The van der Waals surface area contributed by atoms with Gasteiger partial charge in [-0.25, -0.2) is 0 Å². The SMILES string of the molecule is CC(C#N)(c1ccccc1)c1cccnc1. The third-order valence-electron chi connectivity index (χ3n) is 2.81. The number of aromatic nitrogens is 1. The van der Waals surface area contributed by atoms with Crippen molar-refractivity contribution in [2.75, 3.05) is 0 Å². The van der Waals surface area contributed by atoms with Crippen molar-refractivity contribution in [1.29, 1.82) is 5.26 Å². The first kappa shape index (κ1) is 10.4. The third-order valence-corrected chi connectivity index (χ3v) is 2.81. The molecular formula is C14H12N2. The zero-order chi connectivity index (χ0) is 11.4. The maximum absolute atomic E-state index is 9.41. The number of rotatable bonds is 2. The Bertz CT molecular complexity index is 458. The third kappa shape index (κ3) is 1.68. The molecule has 16 heavy (non-hydrogen) atoms. The highest BCUT2D eigenvalue weighted by Gasteiger charge is 2.28. The molecule has 1 atom stereocenters. The van der Waals surface area contributed by atoms with Gasteiger partial charge in [0.25, 0.3) is 0 Å². The second-order valence-electron chi connectivity index (χ2n) is 3.84. The van der Waals surface area contributed by atoms with Crippen molar-refractivity contribution in [3.63, 3.8) is 0 Å². The van der Waals surface area contributed by atoms with E-state index in [2.05, 4.69) is 11.1 Å². The van der Waals surface area contributed by atoms with Gasteiger partial charge in [0.15, 0.2) is 0 Å². The molecule has 1 heterocycles. The lowest BCUT2D eigenvalue weighted by Gasteiger charge is -2.22. The molecule has 0 spiro atoms. The summed E-state index contributed by atoms with van der Waals surface area (Å²) in [6.45, 7) is 1.92. The number of nitriles is 1. The van der Waals surface area contributed by atoms with Crippen molar-refractivity contribution in [1.82, 2.24) is 4.98 Å². The Labute approximate surface area is 95.2 Å². The standard InChI is InChI=1S/C14H12N2/c1-14(11-15,12-6-3-2-4-7-12)13-8-5-9-16-10-13/h2-10H,1H3. The second-order valence-corrected chi connectivity index (χ2v) is 3.84. The van der Waals surface area contributed by atoms with Gasteiger partial charge >= 0.3 is 0 Å². The molecule has 1 aromatic carbocycles. The number of pyridine rings is 1. The predicted octanol–water partition coefficient (Wildman–Crippen LogP) is 2.91. The maximum Gasteiger partial charge on any atom is 0.106 e. The molecule has 0 fully saturated rings. The van der Waals surface area contributed by atoms with Crippen molar-refractivity contribution in [2.45, 2.75) is 12.3 Å². The van der Waals surface area contributed by atoms with Crippen LogP contribution in [0.1, 0.15) is 18.1 Å². The van der Waals surface area contributed by atoms with E-state index in [0.717, 1.165) is 11.1 Å². The molecule has 0 aliphatic heterocycles. The number of benzene rings is 1. The van der Waals surface area contributed by atoms with E-state index in [-0.39, 0.29) is 0 Å². The number of hydrogen-bond acceptors (Lipinski definition) is 2. The van der Waals surface area contributed by atoms with Gasteiger partial charge in [-0.05, 0) is 24.1 Å². The molecule has 0 aliphatic rings. The van der Waals surface area contributed by atoms with Crippen LogP contribution in [0.25, 0.3) is 0 Å². The van der Waals surface area contributed by atoms with Gasteiger partial charge in [0.05, 0.1) is 6.07 Å². The molecule has 78 valence electrons. The van der Waals surface area contributed by atoms with Gasteiger partial charge in [0.1, 0.15) is 5.41 Å². The molecule has 0 saturated carbocycles. The first-order valence-electron chi connectivity index (χ1n) is 5.14. The van der Waals surface area contributed by atoms with Crippen LogP contribution in [0.4, 0.5) is 0 Å². The van der Waals surface area contributed by atoms with Crippen LogP contribution in [-0.2, 0) is 5.41 Å². The molecule has 2 heteroatoms. The lowest BCUT2D eigenvalue weighted by molar-refractivity contribution is 0.735. The van der Waals surface area contributed by atoms with Crippen molar-refractivity contribution in [2.24, 2.45) is 0 Å². The minimum atomic E-state index is -0.629. The zero-order valence-corrected chi connectivity index (χ0v) is 9.09. The van der Waals surface area contributed by atoms with E-state index < -0.39 is 5.41 Å². The summed E-state index contributed by atoms with van der Waals surface area (Å²) in [6.07, 6.45) is 3.46. The van der Waals surface area contributed by atoms with Crippen molar-refractivity contribution in [3.05, 3.63) is 66.0 Å². The summed E-state index contributed by atoms with van der Waals surface area (Å²) in [4.78, 5) is 4.07. The zero-order valence-electron chi connectivity index (χ0n) is 9.09. The molecule has 0 saturated heterocycles. The van der Waals surface area contributed by atoms with Gasteiger partial charge in [-0.1, -0.05) is 36.4 Å². The lowest BCUT2D eigenvalue weighted by Crippen LogP contribution is -2.21. The Kier molecular flexibility index (Phi) is 2.70. The summed E-state index contributed by atoms with van der Waals surface area (Å²) in [5, 5.41) is 9.41. The molecule has 2 rings (SSSR count). The van der Waals surface area contributed by atoms with E-state index in [9.17, 15) is 5.26 Å². The quantitative estimate of drug-likeness (QED) is 0.760. The fraction of sp³-hybridized carbons (Fsp3) is 0.143. The summed E-state index contributed by atoms with van der Waals surface area (Å²) in [5.74, 6) is 0. The highest BCUT2D eigenvalue weighted by atomic mass is 14.6. The van der Waals surface area contributed by atoms with Crippen molar-refractivity contribution < 1.29 is 0 Å². The van der Waals surface area contributed by atoms with Crippen molar-refractivity contribution >= 4 is 0 Å². The van der Waals surface area contributed by atoms with Crippen LogP contribution in [0.2, 0.25) is 0 Å². The molecular weight excluding hydrogens is 196 g/mol. The summed E-state index contributed by atoms with van der Waals surface area (Å²) >= 11 is 0. The average molecular weight is 208 g/mol. The summed E-state index contributed by atoms with van der Waals surface area (Å²) in [7, 11) is 0. The average Bonchev–Trinajstić information content (AvgIpc) is 2.40. The molecule has 0 bridgehead atoms. The molecule has 1 unspecified atom stereocenters. The summed E-state index contributed by atoms with van der Waals surface area (Å²) < 4.78 is 0. The van der Waals surface area contributed by atoms with Crippen LogP contribution in [0.15, 0.2) is 54.9 Å². The molecule has 0 aliphatic carbocycles. The Morgan fingerprint density at radius 1 is 1.06 bits per heavy atom. The number of nitrogens with zero attached hydrogens (tertiary/aromatic N) is 2. The number of hydrogen-bond donors (Lipinski definition) is 0. The Morgan fingerprint density at radius 2 is 1.75 bits per heavy atom. The molecule has 0 radical (unpaired) electrons. The summed E-state index contributed by atoms with van der Waals surface area (Å²) in [6, 6.07) is 15.9. The molecule has 1 aromatic heterocycles. The lowest BCUT2D eigenvalue weighted by atomic mass is 9.78. The first-order valence-corrected chi connectivity index (χ1v) is 5.14. The highest BCUT2D eigenvalue weighted by molar-refractivity contribution is 5.43. The maximum atomic E-state index is 9.41. The van der Waals surface area contributed by atoms with E-state index in [1.807, 2.05) is 49.4 Å². The largest absolute Gasteiger partial charge is 0.264 e. The van der Waals surface area contributed by atoms with E-state index in [4.69, 9.17) is 0 Å². The Balaban J connectivity index is 2.55. The molecule has 2 nitrogen and oxygen atoms in total. The Hall–Kier alpha value is -2.14. The van der Waals surface area contributed by atoms with Crippen LogP contribution in [-0.4, -0.2) is 4.98 Å². The minimum Gasteiger partial charge on any atom is -0.264 e. The van der Waals surface area contributed by atoms with Gasteiger partial charge in [-0.2, -0.15) is 5.26 Å². The first-order chi connectivity index (χ1) is 7.77.